The Bertz CT molecular complexity index is 454. The summed E-state index contributed by atoms with van der Waals surface area (Å²) in [5.74, 6) is -0.380. The van der Waals surface area contributed by atoms with Crippen LogP contribution in [0.2, 0.25) is 0 Å². The Labute approximate surface area is 101 Å². The summed E-state index contributed by atoms with van der Waals surface area (Å²) in [6, 6.07) is 4.73. The normalized spacial score (nSPS) is 18.5. The molecule has 2 nitrogen and oxygen atoms in total. The van der Waals surface area contributed by atoms with Crippen molar-refractivity contribution in [3.63, 3.8) is 0 Å². The molecule has 1 aromatic rings. The molecule has 17 heavy (non-hydrogen) atoms. The first kappa shape index (κ1) is 12.1. The molecule has 2 rings (SSSR count). The summed E-state index contributed by atoms with van der Waals surface area (Å²) in [5.41, 5.74) is 0.884. The fraction of sp³-hybridized carbons (Fsp3) is 0.500. The third-order valence-corrected chi connectivity index (χ3v) is 3.54. The SMILES string of the molecule is CC(=O)c1cccc(F)c1N1CCCC1(C)C. The molecule has 0 radical (unpaired) electrons. The topological polar surface area (TPSA) is 20.3 Å². The van der Waals surface area contributed by atoms with Crippen LogP contribution < -0.4 is 4.90 Å². The summed E-state index contributed by atoms with van der Waals surface area (Å²) in [5, 5.41) is 0. The Hall–Kier alpha value is -1.38. The number of halogens is 1. The molecule has 1 heterocycles. The Kier molecular flexibility index (Phi) is 2.94. The van der Waals surface area contributed by atoms with Crippen molar-refractivity contribution in [3.8, 4) is 0 Å². The first-order chi connectivity index (χ1) is 7.93. The van der Waals surface area contributed by atoms with Gasteiger partial charge in [0.15, 0.2) is 5.78 Å². The highest BCUT2D eigenvalue weighted by Gasteiger charge is 2.35. The number of para-hydroxylation sites is 1. The molecule has 0 bridgehead atoms. The van der Waals surface area contributed by atoms with Crippen LogP contribution >= 0.6 is 0 Å². The molecule has 1 fully saturated rings. The van der Waals surface area contributed by atoms with E-state index in [1.807, 2.05) is 4.90 Å². The van der Waals surface area contributed by atoms with Crippen LogP contribution in [-0.4, -0.2) is 17.9 Å². The van der Waals surface area contributed by atoms with Crippen LogP contribution in [0, 0.1) is 5.82 Å². The van der Waals surface area contributed by atoms with Gasteiger partial charge in [-0.1, -0.05) is 6.07 Å². The number of anilines is 1. The van der Waals surface area contributed by atoms with Crippen LogP contribution in [0.15, 0.2) is 18.2 Å². The number of rotatable bonds is 2. The minimum absolute atomic E-state index is 0.0770. The van der Waals surface area contributed by atoms with E-state index in [9.17, 15) is 9.18 Å². The largest absolute Gasteiger partial charge is 0.363 e. The van der Waals surface area contributed by atoms with Crippen molar-refractivity contribution in [2.24, 2.45) is 0 Å². The second kappa shape index (κ2) is 4.13. The summed E-state index contributed by atoms with van der Waals surface area (Å²) in [6.45, 7) is 6.49. The minimum Gasteiger partial charge on any atom is -0.363 e. The summed E-state index contributed by atoms with van der Waals surface area (Å²) < 4.78 is 14.0. The molecular weight excluding hydrogens is 217 g/mol. The summed E-state index contributed by atoms with van der Waals surface area (Å²) >= 11 is 0. The van der Waals surface area contributed by atoms with Gasteiger partial charge >= 0.3 is 0 Å². The molecule has 0 spiro atoms. The zero-order valence-electron chi connectivity index (χ0n) is 10.6. The fourth-order valence-electron chi connectivity index (χ4n) is 2.60. The predicted molar refractivity (Wildman–Crippen MR) is 67.1 cm³/mol. The number of carbonyl (C=O) groups excluding carboxylic acids is 1. The molecule has 0 atom stereocenters. The zero-order valence-corrected chi connectivity index (χ0v) is 10.6. The lowest BCUT2D eigenvalue weighted by atomic mass is 9.99. The van der Waals surface area contributed by atoms with E-state index in [1.54, 1.807) is 12.1 Å². The predicted octanol–water partition coefficient (Wildman–Crippen LogP) is 3.41. The fourth-order valence-corrected chi connectivity index (χ4v) is 2.60. The summed E-state index contributed by atoms with van der Waals surface area (Å²) in [4.78, 5) is 13.6. The van der Waals surface area contributed by atoms with Gasteiger partial charge in [-0.2, -0.15) is 0 Å². The van der Waals surface area contributed by atoms with Crippen molar-refractivity contribution < 1.29 is 9.18 Å². The van der Waals surface area contributed by atoms with Crippen LogP contribution in [-0.2, 0) is 0 Å². The highest BCUT2D eigenvalue weighted by atomic mass is 19.1. The first-order valence-electron chi connectivity index (χ1n) is 6.00. The van der Waals surface area contributed by atoms with E-state index in [1.165, 1.54) is 13.0 Å². The van der Waals surface area contributed by atoms with Gasteiger partial charge in [0.05, 0.1) is 5.69 Å². The van der Waals surface area contributed by atoms with Gasteiger partial charge in [-0.15, -0.1) is 0 Å². The standard InChI is InChI=1S/C14H18FNO/c1-10(17)11-6-4-7-12(15)13(11)16-9-5-8-14(16,2)3/h4,6-7H,5,8-9H2,1-3H3. The molecule has 1 saturated heterocycles. The van der Waals surface area contributed by atoms with E-state index >= 15 is 0 Å². The van der Waals surface area contributed by atoms with Gasteiger partial charge in [0.2, 0.25) is 0 Å². The zero-order chi connectivity index (χ0) is 12.6. The number of hydrogen-bond donors (Lipinski definition) is 0. The van der Waals surface area contributed by atoms with Gasteiger partial charge in [-0.3, -0.25) is 4.79 Å². The lowest BCUT2D eigenvalue weighted by molar-refractivity contribution is 0.101. The third kappa shape index (κ3) is 2.06. The van der Waals surface area contributed by atoms with Gasteiger partial charge in [0.1, 0.15) is 5.82 Å². The summed E-state index contributed by atoms with van der Waals surface area (Å²) in [7, 11) is 0. The molecule has 92 valence electrons. The van der Waals surface area contributed by atoms with Crippen LogP contribution in [0.5, 0.6) is 0 Å². The van der Waals surface area contributed by atoms with Crippen molar-refractivity contribution in [2.75, 3.05) is 11.4 Å². The number of ketones is 1. The van der Waals surface area contributed by atoms with Gasteiger partial charge in [-0.25, -0.2) is 4.39 Å². The van der Waals surface area contributed by atoms with Gasteiger partial charge in [0, 0.05) is 17.6 Å². The highest BCUT2D eigenvalue weighted by Crippen LogP contribution is 2.37. The van der Waals surface area contributed by atoms with E-state index in [4.69, 9.17) is 0 Å². The molecule has 0 saturated carbocycles. The molecule has 3 heteroatoms. The number of benzene rings is 1. The molecule has 0 amide bonds. The Morgan fingerprint density at radius 3 is 2.65 bits per heavy atom. The van der Waals surface area contributed by atoms with Crippen molar-refractivity contribution in [1.29, 1.82) is 0 Å². The quantitative estimate of drug-likeness (QED) is 0.732. The van der Waals surface area contributed by atoms with Gasteiger partial charge in [0.25, 0.3) is 0 Å². The van der Waals surface area contributed by atoms with E-state index in [0.717, 1.165) is 19.4 Å². The second-order valence-electron chi connectivity index (χ2n) is 5.26. The van der Waals surface area contributed by atoms with E-state index in [-0.39, 0.29) is 17.1 Å². The first-order valence-corrected chi connectivity index (χ1v) is 6.00. The maximum Gasteiger partial charge on any atom is 0.161 e. The van der Waals surface area contributed by atoms with Crippen LogP contribution in [0.1, 0.15) is 44.0 Å². The van der Waals surface area contributed by atoms with E-state index in [0.29, 0.717) is 11.3 Å². The monoisotopic (exact) mass is 235 g/mol. The molecule has 0 unspecified atom stereocenters. The van der Waals surface area contributed by atoms with E-state index in [2.05, 4.69) is 13.8 Å². The Morgan fingerprint density at radius 2 is 2.12 bits per heavy atom. The van der Waals surface area contributed by atoms with Crippen LogP contribution in [0.25, 0.3) is 0 Å². The minimum atomic E-state index is -0.298. The molecule has 0 N–H and O–H groups in total. The van der Waals surface area contributed by atoms with Crippen molar-refractivity contribution in [1.82, 2.24) is 0 Å². The maximum absolute atomic E-state index is 14.0. The lowest BCUT2D eigenvalue weighted by Crippen LogP contribution is -2.39. The molecule has 1 aliphatic heterocycles. The van der Waals surface area contributed by atoms with Crippen molar-refractivity contribution >= 4 is 11.5 Å². The van der Waals surface area contributed by atoms with E-state index < -0.39 is 0 Å². The van der Waals surface area contributed by atoms with Gasteiger partial charge < -0.3 is 4.90 Å². The maximum atomic E-state index is 14.0. The summed E-state index contributed by atoms with van der Waals surface area (Å²) in [6.07, 6.45) is 2.07. The molecular formula is C14H18FNO. The number of hydrogen-bond acceptors (Lipinski definition) is 2. The average molecular weight is 235 g/mol. The number of nitrogens with zero attached hydrogens (tertiary/aromatic N) is 1. The third-order valence-electron chi connectivity index (χ3n) is 3.54. The molecule has 1 aliphatic rings. The Morgan fingerprint density at radius 1 is 1.41 bits per heavy atom. The highest BCUT2D eigenvalue weighted by molar-refractivity contribution is 6.00. The number of carbonyl (C=O) groups is 1. The van der Waals surface area contributed by atoms with Crippen LogP contribution in [0.4, 0.5) is 10.1 Å². The second-order valence-corrected chi connectivity index (χ2v) is 5.26. The molecule has 1 aromatic carbocycles. The van der Waals surface area contributed by atoms with Crippen LogP contribution in [0.3, 0.4) is 0 Å². The number of Topliss-reactive ketones (excluding diaryl/α,β-unsaturated/α-hetero) is 1. The lowest BCUT2D eigenvalue weighted by Gasteiger charge is -2.35. The van der Waals surface area contributed by atoms with Gasteiger partial charge in [-0.05, 0) is 45.7 Å². The molecule has 0 aliphatic carbocycles. The molecule has 0 aromatic heterocycles. The van der Waals surface area contributed by atoms with Crippen molar-refractivity contribution in [2.45, 2.75) is 39.2 Å². The average Bonchev–Trinajstić information content (AvgIpc) is 2.57. The Balaban J connectivity index is 2.54. The smallest absolute Gasteiger partial charge is 0.161 e. The van der Waals surface area contributed by atoms with Crippen molar-refractivity contribution in [3.05, 3.63) is 29.6 Å².